The summed E-state index contributed by atoms with van der Waals surface area (Å²) in [5.74, 6) is 1.68. The normalized spacial score (nSPS) is 10.4. The van der Waals surface area contributed by atoms with Gasteiger partial charge in [0.15, 0.2) is 5.82 Å². The number of rotatable bonds is 5. The Morgan fingerprint density at radius 2 is 2.16 bits per heavy atom. The maximum Gasteiger partial charge on any atom is 0.228 e. The first-order valence-electron chi connectivity index (χ1n) is 5.73. The molecule has 7 nitrogen and oxygen atoms in total. The minimum absolute atomic E-state index is 0.251. The average molecular weight is 278 g/mol. The summed E-state index contributed by atoms with van der Waals surface area (Å²) in [6.07, 6.45) is 0.598. The second kappa shape index (κ2) is 5.70. The molecule has 2 rings (SSSR count). The highest BCUT2D eigenvalue weighted by molar-refractivity contribution is 7.80. The third-order valence-electron chi connectivity index (χ3n) is 2.30. The molecule has 19 heavy (non-hydrogen) atoms. The molecule has 100 valence electrons. The maximum atomic E-state index is 5.55. The van der Waals surface area contributed by atoms with Crippen LogP contribution in [0.5, 0.6) is 0 Å². The third-order valence-corrected chi connectivity index (χ3v) is 2.51. The van der Waals surface area contributed by atoms with Crippen molar-refractivity contribution in [2.24, 2.45) is 5.73 Å². The van der Waals surface area contributed by atoms with Crippen LogP contribution < -0.4 is 11.1 Å². The van der Waals surface area contributed by atoms with Crippen molar-refractivity contribution in [1.29, 1.82) is 0 Å². The number of aromatic nitrogens is 4. The van der Waals surface area contributed by atoms with E-state index in [-0.39, 0.29) is 4.99 Å². The van der Waals surface area contributed by atoms with E-state index in [0.717, 1.165) is 5.69 Å². The number of hydrogen-bond acceptors (Lipinski definition) is 7. The minimum Gasteiger partial charge on any atom is -0.388 e. The van der Waals surface area contributed by atoms with Crippen LogP contribution in [0, 0.1) is 13.8 Å². The first kappa shape index (κ1) is 13.3. The summed E-state index contributed by atoms with van der Waals surface area (Å²) in [4.78, 5) is 12.8. The number of nitrogens with two attached hydrogens (primary N) is 1. The van der Waals surface area contributed by atoms with Gasteiger partial charge < -0.3 is 15.6 Å². The van der Waals surface area contributed by atoms with Crippen molar-refractivity contribution in [2.45, 2.75) is 20.3 Å². The quantitative estimate of drug-likeness (QED) is 0.773. The van der Waals surface area contributed by atoms with Gasteiger partial charge in [-0.1, -0.05) is 17.4 Å². The second-order valence-corrected chi connectivity index (χ2v) is 4.43. The molecule has 0 saturated heterocycles. The van der Waals surface area contributed by atoms with Crippen LogP contribution in [0.1, 0.15) is 23.1 Å². The zero-order chi connectivity index (χ0) is 13.8. The van der Waals surface area contributed by atoms with Crippen LogP contribution in [-0.2, 0) is 6.42 Å². The first-order valence-corrected chi connectivity index (χ1v) is 6.14. The van der Waals surface area contributed by atoms with Gasteiger partial charge >= 0.3 is 0 Å². The number of nitrogens with zero attached hydrogens (tertiary/aromatic N) is 4. The lowest BCUT2D eigenvalue weighted by molar-refractivity contribution is 0.377. The van der Waals surface area contributed by atoms with Crippen LogP contribution in [0.2, 0.25) is 0 Å². The van der Waals surface area contributed by atoms with Crippen molar-refractivity contribution < 1.29 is 4.52 Å². The predicted octanol–water partition coefficient (Wildman–Crippen LogP) is 0.765. The van der Waals surface area contributed by atoms with Crippen molar-refractivity contribution >= 4 is 23.2 Å². The predicted molar refractivity (Wildman–Crippen MR) is 73.9 cm³/mol. The monoisotopic (exact) mass is 278 g/mol. The van der Waals surface area contributed by atoms with Crippen molar-refractivity contribution in [2.75, 3.05) is 11.9 Å². The fourth-order valence-corrected chi connectivity index (χ4v) is 1.60. The first-order chi connectivity index (χ1) is 9.04. The van der Waals surface area contributed by atoms with Crippen LogP contribution in [0.4, 0.5) is 5.95 Å². The second-order valence-electron chi connectivity index (χ2n) is 3.99. The van der Waals surface area contributed by atoms with E-state index in [1.807, 2.05) is 6.92 Å². The van der Waals surface area contributed by atoms with Crippen molar-refractivity contribution in [3.05, 3.63) is 29.2 Å². The lowest BCUT2D eigenvalue weighted by Gasteiger charge is -2.06. The van der Waals surface area contributed by atoms with Crippen LogP contribution in [-0.4, -0.2) is 31.6 Å². The molecule has 0 bridgehead atoms. The summed E-state index contributed by atoms with van der Waals surface area (Å²) in [5, 5.41) is 6.79. The molecule has 0 unspecified atom stereocenters. The highest BCUT2D eigenvalue weighted by atomic mass is 32.1. The number of nitrogens with one attached hydrogen (secondary N) is 1. The van der Waals surface area contributed by atoms with Gasteiger partial charge in [0.25, 0.3) is 0 Å². The molecule has 0 atom stereocenters. The van der Waals surface area contributed by atoms with Gasteiger partial charge in [-0.3, -0.25) is 0 Å². The lowest BCUT2D eigenvalue weighted by Crippen LogP contribution is -2.15. The van der Waals surface area contributed by atoms with Crippen LogP contribution in [0.25, 0.3) is 0 Å². The van der Waals surface area contributed by atoms with E-state index in [4.69, 9.17) is 22.5 Å². The van der Waals surface area contributed by atoms with Gasteiger partial charge in [-0.2, -0.15) is 4.98 Å². The van der Waals surface area contributed by atoms with Crippen molar-refractivity contribution in [3.63, 3.8) is 0 Å². The molecule has 0 spiro atoms. The van der Waals surface area contributed by atoms with Crippen molar-refractivity contribution in [3.8, 4) is 0 Å². The van der Waals surface area contributed by atoms with Gasteiger partial charge in [-0.05, 0) is 19.9 Å². The molecule has 8 heteroatoms. The molecule has 0 saturated carbocycles. The van der Waals surface area contributed by atoms with E-state index in [1.54, 1.807) is 13.0 Å². The molecule has 2 aromatic heterocycles. The van der Waals surface area contributed by atoms with E-state index in [0.29, 0.717) is 36.3 Å². The summed E-state index contributed by atoms with van der Waals surface area (Å²) in [5.41, 5.74) is 6.91. The Bertz CT molecular complexity index is 597. The molecular weight excluding hydrogens is 264 g/mol. The Labute approximate surface area is 115 Å². The zero-order valence-electron chi connectivity index (χ0n) is 10.7. The van der Waals surface area contributed by atoms with Gasteiger partial charge in [0.1, 0.15) is 10.7 Å². The molecule has 0 aliphatic rings. The standard InChI is InChI=1S/C11H14N6OS/c1-6-5-8(10(12)19)16-11(14-6)13-4-3-9-15-7(2)17-18-9/h5H,3-4H2,1-2H3,(H2,12,19)(H,13,14,16). The average Bonchev–Trinajstić information content (AvgIpc) is 2.74. The molecule has 0 fully saturated rings. The minimum atomic E-state index is 0.251. The van der Waals surface area contributed by atoms with Crippen molar-refractivity contribution in [1.82, 2.24) is 20.1 Å². The Morgan fingerprint density at radius 1 is 1.37 bits per heavy atom. The van der Waals surface area contributed by atoms with Gasteiger partial charge in [0.2, 0.25) is 11.8 Å². The molecule has 2 aromatic rings. The molecule has 0 aliphatic carbocycles. The van der Waals surface area contributed by atoms with Crippen LogP contribution in [0.15, 0.2) is 10.6 Å². The van der Waals surface area contributed by atoms with Crippen LogP contribution in [0.3, 0.4) is 0 Å². The molecular formula is C11H14N6OS. The summed E-state index contributed by atoms with van der Waals surface area (Å²) < 4.78 is 5.01. The number of thiocarbonyl (C=S) groups is 1. The van der Waals surface area contributed by atoms with E-state index in [2.05, 4.69) is 25.4 Å². The Hall–Kier alpha value is -2.09. The third kappa shape index (κ3) is 3.68. The smallest absolute Gasteiger partial charge is 0.228 e. The fraction of sp³-hybridized carbons (Fsp3) is 0.364. The Kier molecular flexibility index (Phi) is 4.00. The molecule has 0 aromatic carbocycles. The van der Waals surface area contributed by atoms with E-state index < -0.39 is 0 Å². The fourth-order valence-electron chi connectivity index (χ4n) is 1.50. The Balaban J connectivity index is 1.97. The highest BCUT2D eigenvalue weighted by Gasteiger charge is 2.06. The van der Waals surface area contributed by atoms with Gasteiger partial charge in [0, 0.05) is 18.7 Å². The zero-order valence-corrected chi connectivity index (χ0v) is 11.5. The molecule has 0 radical (unpaired) electrons. The lowest BCUT2D eigenvalue weighted by atomic mass is 10.3. The number of anilines is 1. The van der Waals surface area contributed by atoms with Gasteiger partial charge in [-0.15, -0.1) is 0 Å². The van der Waals surface area contributed by atoms with E-state index in [1.165, 1.54) is 0 Å². The molecule has 0 amide bonds. The topological polar surface area (TPSA) is 103 Å². The number of aryl methyl sites for hydroxylation is 2. The van der Waals surface area contributed by atoms with E-state index >= 15 is 0 Å². The largest absolute Gasteiger partial charge is 0.388 e. The highest BCUT2D eigenvalue weighted by Crippen LogP contribution is 2.05. The van der Waals surface area contributed by atoms with Gasteiger partial charge in [0.05, 0.1) is 0 Å². The molecule has 2 heterocycles. The van der Waals surface area contributed by atoms with E-state index in [9.17, 15) is 0 Å². The summed E-state index contributed by atoms with van der Waals surface area (Å²) in [6, 6.07) is 1.74. The summed E-state index contributed by atoms with van der Waals surface area (Å²) in [7, 11) is 0. The number of hydrogen-bond donors (Lipinski definition) is 2. The summed E-state index contributed by atoms with van der Waals surface area (Å²) >= 11 is 4.90. The summed E-state index contributed by atoms with van der Waals surface area (Å²) in [6.45, 7) is 4.22. The maximum absolute atomic E-state index is 5.55. The molecule has 0 aliphatic heterocycles. The molecule has 3 N–H and O–H groups in total. The van der Waals surface area contributed by atoms with Gasteiger partial charge in [-0.25, -0.2) is 9.97 Å². The SMILES string of the molecule is Cc1cc(C(N)=S)nc(NCCc2nc(C)no2)n1. The Morgan fingerprint density at radius 3 is 2.79 bits per heavy atom. The van der Waals surface area contributed by atoms with Crippen LogP contribution >= 0.6 is 12.2 Å².